The molecule has 2 heterocycles. The second kappa shape index (κ2) is 8.63. The van der Waals surface area contributed by atoms with E-state index in [0.29, 0.717) is 5.56 Å². The van der Waals surface area contributed by atoms with Crippen molar-refractivity contribution in [2.75, 3.05) is 20.2 Å². The number of benzene rings is 1. The fourth-order valence-corrected chi connectivity index (χ4v) is 3.34. The van der Waals surface area contributed by atoms with Gasteiger partial charge in [0.25, 0.3) is 11.8 Å². The monoisotopic (exact) mass is 386 g/mol. The molecular formula is C18H18N4O4S. The molecule has 2 aliphatic heterocycles. The Morgan fingerprint density at radius 3 is 2.59 bits per heavy atom. The number of amides is 2. The van der Waals surface area contributed by atoms with Crippen molar-refractivity contribution in [3.8, 4) is 0 Å². The fraction of sp³-hybridized carbons (Fsp3) is 0.278. The van der Waals surface area contributed by atoms with Crippen molar-refractivity contribution in [2.24, 2.45) is 10.2 Å². The van der Waals surface area contributed by atoms with E-state index in [4.69, 9.17) is 0 Å². The summed E-state index contributed by atoms with van der Waals surface area (Å²) in [7, 11) is 1.24. The van der Waals surface area contributed by atoms with Crippen LogP contribution in [0.5, 0.6) is 0 Å². The largest absolute Gasteiger partial charge is 0.466 e. The molecule has 2 aliphatic rings. The van der Waals surface area contributed by atoms with E-state index in [0.717, 1.165) is 49.3 Å². The zero-order valence-corrected chi connectivity index (χ0v) is 15.5. The Bertz CT molecular complexity index is 839. The molecule has 140 valence electrons. The molecule has 9 heteroatoms. The van der Waals surface area contributed by atoms with Gasteiger partial charge in [-0.2, -0.15) is 5.10 Å². The minimum Gasteiger partial charge on any atom is -0.466 e. The number of nitrogens with zero attached hydrogens (tertiary/aromatic N) is 3. The van der Waals surface area contributed by atoms with Crippen molar-refractivity contribution < 1.29 is 19.1 Å². The van der Waals surface area contributed by atoms with Gasteiger partial charge in [0.2, 0.25) is 0 Å². The average Bonchev–Trinajstić information content (AvgIpc) is 3.32. The van der Waals surface area contributed by atoms with E-state index >= 15 is 0 Å². The third kappa shape index (κ3) is 4.82. The van der Waals surface area contributed by atoms with Crippen molar-refractivity contribution in [3.63, 3.8) is 0 Å². The first-order valence-corrected chi connectivity index (χ1v) is 9.17. The molecule has 0 aliphatic carbocycles. The third-order valence-corrected chi connectivity index (χ3v) is 4.91. The number of methoxy groups -OCH3 is 1. The lowest BCUT2D eigenvalue weighted by Crippen LogP contribution is -2.27. The topological polar surface area (TPSA) is 100 Å². The van der Waals surface area contributed by atoms with E-state index in [-0.39, 0.29) is 16.0 Å². The second-order valence-corrected chi connectivity index (χ2v) is 6.89. The lowest BCUT2D eigenvalue weighted by Gasteiger charge is -2.14. The summed E-state index contributed by atoms with van der Waals surface area (Å²) in [5.41, 5.74) is 1.42. The summed E-state index contributed by atoms with van der Waals surface area (Å²) in [4.78, 5) is 37.2. The van der Waals surface area contributed by atoms with Gasteiger partial charge in [0.05, 0.1) is 18.2 Å². The van der Waals surface area contributed by atoms with Crippen LogP contribution in [0.1, 0.15) is 28.8 Å². The summed E-state index contributed by atoms with van der Waals surface area (Å²) < 4.78 is 4.49. The second-order valence-electron chi connectivity index (χ2n) is 5.86. The molecular weight excluding hydrogens is 368 g/mol. The SMILES string of the molecule is COC(=O)/C=C1/S/C(=N\N=Cc2ccc(C(=O)N3CCCC3)cc2)NC1=O. The molecule has 0 aromatic heterocycles. The van der Waals surface area contributed by atoms with Crippen molar-refractivity contribution in [3.05, 3.63) is 46.4 Å². The summed E-state index contributed by atoms with van der Waals surface area (Å²) in [5, 5.41) is 10.6. The predicted octanol–water partition coefficient (Wildman–Crippen LogP) is 1.53. The van der Waals surface area contributed by atoms with Crippen molar-refractivity contribution in [1.82, 2.24) is 10.2 Å². The maximum Gasteiger partial charge on any atom is 0.331 e. The highest BCUT2D eigenvalue weighted by Crippen LogP contribution is 2.23. The van der Waals surface area contributed by atoms with Crippen LogP contribution >= 0.6 is 11.8 Å². The van der Waals surface area contributed by atoms with E-state index in [9.17, 15) is 14.4 Å². The van der Waals surface area contributed by atoms with Crippen molar-refractivity contribution in [2.45, 2.75) is 12.8 Å². The molecule has 0 saturated carbocycles. The highest BCUT2D eigenvalue weighted by Gasteiger charge is 2.25. The molecule has 1 aromatic rings. The number of hydrogen-bond acceptors (Lipinski definition) is 7. The van der Waals surface area contributed by atoms with E-state index in [1.807, 2.05) is 4.90 Å². The Balaban J connectivity index is 1.60. The minimum atomic E-state index is -0.610. The molecule has 1 N–H and O–H groups in total. The molecule has 0 radical (unpaired) electrons. The average molecular weight is 386 g/mol. The van der Waals surface area contributed by atoms with Gasteiger partial charge in [0.1, 0.15) is 0 Å². The van der Waals surface area contributed by atoms with Gasteiger partial charge in [-0.1, -0.05) is 12.1 Å². The Labute approximate surface area is 160 Å². The summed E-state index contributed by atoms with van der Waals surface area (Å²) in [6, 6.07) is 7.10. The Morgan fingerprint density at radius 2 is 1.93 bits per heavy atom. The van der Waals surface area contributed by atoms with Crippen LogP contribution in [-0.2, 0) is 14.3 Å². The van der Waals surface area contributed by atoms with Gasteiger partial charge >= 0.3 is 5.97 Å². The summed E-state index contributed by atoms with van der Waals surface area (Å²) in [6.07, 6.45) is 4.73. The van der Waals surface area contributed by atoms with Gasteiger partial charge in [0, 0.05) is 24.7 Å². The lowest BCUT2D eigenvalue weighted by atomic mass is 10.1. The number of amidine groups is 1. The standard InChI is InChI=1S/C18H18N4O4S/c1-26-15(23)10-14-16(24)20-18(27-14)21-19-11-12-4-6-13(7-5-12)17(25)22-8-2-3-9-22/h4-7,10-11H,2-3,8-9H2,1H3,(H,20,21,24)/b14-10+,19-11?. The lowest BCUT2D eigenvalue weighted by molar-refractivity contribution is -0.135. The molecule has 3 rings (SSSR count). The van der Waals surface area contributed by atoms with Crippen molar-refractivity contribution >= 4 is 40.9 Å². The Morgan fingerprint density at radius 1 is 1.22 bits per heavy atom. The highest BCUT2D eigenvalue weighted by atomic mass is 32.2. The van der Waals surface area contributed by atoms with Crippen LogP contribution in [-0.4, -0.2) is 54.3 Å². The van der Waals surface area contributed by atoms with Gasteiger partial charge in [-0.15, -0.1) is 5.10 Å². The zero-order chi connectivity index (χ0) is 19.2. The molecule has 2 fully saturated rings. The number of hydrogen-bond donors (Lipinski definition) is 1. The van der Waals surface area contributed by atoms with E-state index in [1.54, 1.807) is 24.3 Å². The van der Waals surface area contributed by atoms with Gasteiger partial charge in [-0.05, 0) is 42.3 Å². The van der Waals surface area contributed by atoms with Crippen LogP contribution in [0, 0.1) is 0 Å². The molecule has 0 bridgehead atoms. The number of thioether (sulfide) groups is 1. The molecule has 2 saturated heterocycles. The number of nitrogens with one attached hydrogen (secondary N) is 1. The molecule has 2 amide bonds. The molecule has 0 spiro atoms. The van der Waals surface area contributed by atoms with E-state index in [2.05, 4.69) is 20.3 Å². The van der Waals surface area contributed by atoms with Crippen LogP contribution in [0.2, 0.25) is 0 Å². The molecule has 0 unspecified atom stereocenters. The molecule has 27 heavy (non-hydrogen) atoms. The van der Waals surface area contributed by atoms with Crippen molar-refractivity contribution in [1.29, 1.82) is 0 Å². The summed E-state index contributed by atoms with van der Waals surface area (Å²) in [6.45, 7) is 1.63. The van der Waals surface area contributed by atoms with Crippen LogP contribution in [0.4, 0.5) is 0 Å². The van der Waals surface area contributed by atoms with Gasteiger partial charge in [-0.25, -0.2) is 4.79 Å². The summed E-state index contributed by atoms with van der Waals surface area (Å²) in [5.74, 6) is -0.990. The van der Waals surface area contributed by atoms with Gasteiger partial charge < -0.3 is 9.64 Å². The smallest absolute Gasteiger partial charge is 0.331 e. The number of carbonyl (C=O) groups is 3. The normalized spacial score (nSPS) is 19.9. The first-order chi connectivity index (χ1) is 13.1. The fourth-order valence-electron chi connectivity index (χ4n) is 2.60. The number of likely N-dealkylation sites (tertiary alicyclic amines) is 1. The highest BCUT2D eigenvalue weighted by molar-refractivity contribution is 8.18. The third-order valence-electron chi connectivity index (χ3n) is 4.01. The Hall–Kier alpha value is -2.94. The van der Waals surface area contributed by atoms with Gasteiger partial charge in [-0.3, -0.25) is 14.9 Å². The van der Waals surface area contributed by atoms with Crippen LogP contribution in [0.15, 0.2) is 45.4 Å². The maximum atomic E-state index is 12.3. The number of esters is 1. The Kier molecular flexibility index (Phi) is 6.02. The quantitative estimate of drug-likeness (QED) is 0.366. The molecule has 8 nitrogen and oxygen atoms in total. The zero-order valence-electron chi connectivity index (χ0n) is 14.7. The maximum absolute atomic E-state index is 12.3. The van der Waals surface area contributed by atoms with E-state index < -0.39 is 11.9 Å². The van der Waals surface area contributed by atoms with E-state index in [1.165, 1.54) is 13.3 Å². The van der Waals surface area contributed by atoms with Crippen LogP contribution < -0.4 is 5.32 Å². The predicted molar refractivity (Wildman–Crippen MR) is 102 cm³/mol. The first kappa shape index (κ1) is 18.8. The number of ether oxygens (including phenoxy) is 1. The molecule has 0 atom stereocenters. The minimum absolute atomic E-state index is 0.0474. The number of rotatable bonds is 4. The number of carbonyl (C=O) groups excluding carboxylic acids is 3. The van der Waals surface area contributed by atoms with Gasteiger partial charge in [0.15, 0.2) is 5.17 Å². The summed E-state index contributed by atoms with van der Waals surface area (Å²) >= 11 is 1.00. The first-order valence-electron chi connectivity index (χ1n) is 8.36. The van der Waals surface area contributed by atoms with Crippen LogP contribution in [0.25, 0.3) is 0 Å². The molecule has 1 aromatic carbocycles. The van der Waals surface area contributed by atoms with Crippen LogP contribution in [0.3, 0.4) is 0 Å².